The van der Waals surface area contributed by atoms with Crippen molar-refractivity contribution in [1.29, 1.82) is 0 Å². The zero-order valence-corrected chi connectivity index (χ0v) is 12.1. The van der Waals surface area contributed by atoms with Crippen LogP contribution in [0.1, 0.15) is 26.3 Å². The number of benzene rings is 1. The Hall–Kier alpha value is -1.83. The van der Waals surface area contributed by atoms with Gasteiger partial charge in [-0.1, -0.05) is 26.8 Å². The number of nitrogens with zero attached hydrogens (tertiary/aromatic N) is 2. The highest BCUT2D eigenvalue weighted by Gasteiger charge is 2.13. The zero-order chi connectivity index (χ0) is 13.6. The quantitative estimate of drug-likeness (QED) is 0.631. The molecule has 0 fully saturated rings. The maximum atomic E-state index is 4.27. The number of hydrogen-bond acceptors (Lipinski definition) is 1. The van der Waals surface area contributed by atoms with Gasteiger partial charge in [0.25, 0.3) is 0 Å². The molecule has 0 aliphatic heterocycles. The van der Waals surface area contributed by atoms with Crippen molar-refractivity contribution in [3.05, 3.63) is 42.2 Å². The van der Waals surface area contributed by atoms with Gasteiger partial charge in [-0.2, -0.15) is 0 Å². The smallest absolute Gasteiger partial charge is 0.0519 e. The lowest BCUT2D eigenvalue weighted by Crippen LogP contribution is -2.08. The van der Waals surface area contributed by atoms with Gasteiger partial charge in [-0.25, -0.2) is 0 Å². The molecule has 2 heterocycles. The third kappa shape index (κ3) is 2.12. The molecule has 19 heavy (non-hydrogen) atoms. The van der Waals surface area contributed by atoms with Crippen LogP contribution in [0.2, 0.25) is 0 Å². The molecule has 2 heteroatoms. The molecule has 0 saturated heterocycles. The Morgan fingerprint density at radius 3 is 2.53 bits per heavy atom. The van der Waals surface area contributed by atoms with Crippen molar-refractivity contribution >= 4 is 21.8 Å². The molecule has 0 bridgehead atoms. The largest absolute Gasteiger partial charge is 0.344 e. The summed E-state index contributed by atoms with van der Waals surface area (Å²) in [6.07, 6.45) is 4.93. The van der Waals surface area contributed by atoms with E-state index in [1.54, 1.807) is 0 Å². The topological polar surface area (TPSA) is 17.8 Å². The van der Waals surface area contributed by atoms with Gasteiger partial charge in [-0.15, -0.1) is 0 Å². The van der Waals surface area contributed by atoms with Crippen molar-refractivity contribution < 1.29 is 0 Å². The Morgan fingerprint density at radius 2 is 1.79 bits per heavy atom. The number of aromatic nitrogens is 2. The van der Waals surface area contributed by atoms with Crippen molar-refractivity contribution in [2.45, 2.75) is 27.2 Å². The van der Waals surface area contributed by atoms with E-state index in [1.807, 2.05) is 12.4 Å². The standard InChI is InChI=1S/C17H20N2/c1-17(2,3)10-12-5-6-15-13(9-12)14-11-18-8-7-16(14)19(15)4/h5-9,11H,10H2,1-4H3. The monoisotopic (exact) mass is 252 g/mol. The summed E-state index contributed by atoms with van der Waals surface area (Å²) >= 11 is 0. The van der Waals surface area contributed by atoms with Crippen LogP contribution in [0.5, 0.6) is 0 Å². The van der Waals surface area contributed by atoms with E-state index < -0.39 is 0 Å². The van der Waals surface area contributed by atoms with Crippen LogP contribution in [-0.4, -0.2) is 9.55 Å². The molecule has 2 nitrogen and oxygen atoms in total. The predicted octanol–water partition coefficient (Wildman–Crippen LogP) is 4.32. The summed E-state index contributed by atoms with van der Waals surface area (Å²) in [6.45, 7) is 6.84. The molecule has 0 aliphatic carbocycles. The zero-order valence-electron chi connectivity index (χ0n) is 12.1. The van der Waals surface area contributed by atoms with Crippen LogP contribution in [0.25, 0.3) is 21.8 Å². The lowest BCUT2D eigenvalue weighted by molar-refractivity contribution is 0.411. The molecule has 0 N–H and O–H groups in total. The number of hydrogen-bond donors (Lipinski definition) is 0. The second kappa shape index (κ2) is 4.09. The average Bonchev–Trinajstić information content (AvgIpc) is 2.62. The summed E-state index contributed by atoms with van der Waals surface area (Å²) in [5, 5.41) is 2.56. The first-order valence-corrected chi connectivity index (χ1v) is 6.77. The van der Waals surface area contributed by atoms with Gasteiger partial charge in [0, 0.05) is 35.7 Å². The Bertz CT molecular complexity index is 745. The number of aryl methyl sites for hydroxylation is 1. The normalized spacial score (nSPS) is 12.4. The average molecular weight is 252 g/mol. The van der Waals surface area contributed by atoms with Crippen LogP contribution >= 0.6 is 0 Å². The van der Waals surface area contributed by atoms with Gasteiger partial charge in [0.15, 0.2) is 0 Å². The van der Waals surface area contributed by atoms with E-state index in [0.717, 1.165) is 6.42 Å². The van der Waals surface area contributed by atoms with E-state index in [1.165, 1.54) is 27.4 Å². The van der Waals surface area contributed by atoms with Crippen molar-refractivity contribution in [3.8, 4) is 0 Å². The molecule has 0 amide bonds. The summed E-state index contributed by atoms with van der Waals surface area (Å²) in [5.41, 5.74) is 4.24. The van der Waals surface area contributed by atoms with E-state index in [-0.39, 0.29) is 0 Å². The van der Waals surface area contributed by atoms with Crippen molar-refractivity contribution in [1.82, 2.24) is 9.55 Å². The highest BCUT2D eigenvalue weighted by Crippen LogP contribution is 2.30. The van der Waals surface area contributed by atoms with Gasteiger partial charge in [0.2, 0.25) is 0 Å². The SMILES string of the molecule is Cn1c2ccncc2c2cc(CC(C)(C)C)ccc21. The minimum Gasteiger partial charge on any atom is -0.344 e. The van der Waals surface area contributed by atoms with Gasteiger partial charge in [-0.05, 0) is 35.6 Å². The molecule has 3 aromatic rings. The van der Waals surface area contributed by atoms with E-state index in [2.05, 4.69) is 61.6 Å². The van der Waals surface area contributed by atoms with Gasteiger partial charge in [0.05, 0.1) is 5.52 Å². The Kier molecular flexibility index (Phi) is 2.63. The second-order valence-electron chi connectivity index (χ2n) is 6.54. The molecule has 3 rings (SSSR count). The minimum absolute atomic E-state index is 0.316. The molecule has 1 aromatic carbocycles. The lowest BCUT2D eigenvalue weighted by Gasteiger charge is -2.18. The van der Waals surface area contributed by atoms with E-state index in [4.69, 9.17) is 0 Å². The number of fused-ring (bicyclic) bond motifs is 3. The van der Waals surface area contributed by atoms with Gasteiger partial charge < -0.3 is 4.57 Å². The van der Waals surface area contributed by atoms with Gasteiger partial charge >= 0.3 is 0 Å². The second-order valence-corrected chi connectivity index (χ2v) is 6.54. The van der Waals surface area contributed by atoms with Crippen LogP contribution in [-0.2, 0) is 13.5 Å². The molecule has 0 radical (unpaired) electrons. The summed E-state index contributed by atoms with van der Waals surface area (Å²) < 4.78 is 2.24. The van der Waals surface area contributed by atoms with Gasteiger partial charge in [-0.3, -0.25) is 4.98 Å². The van der Waals surface area contributed by atoms with Crippen molar-refractivity contribution in [2.24, 2.45) is 12.5 Å². The maximum absolute atomic E-state index is 4.27. The first-order valence-electron chi connectivity index (χ1n) is 6.77. The Labute approximate surface area is 114 Å². The Balaban J connectivity index is 2.25. The summed E-state index contributed by atoms with van der Waals surface area (Å²) in [6, 6.07) is 8.89. The third-order valence-corrected chi connectivity index (χ3v) is 3.61. The van der Waals surface area contributed by atoms with E-state index in [0.29, 0.717) is 5.41 Å². The Morgan fingerprint density at radius 1 is 1.05 bits per heavy atom. The van der Waals surface area contributed by atoms with Crippen LogP contribution in [0, 0.1) is 5.41 Å². The highest BCUT2D eigenvalue weighted by atomic mass is 14.9. The molecular formula is C17H20N2. The summed E-state index contributed by atoms with van der Waals surface area (Å²) in [4.78, 5) is 4.27. The first kappa shape index (κ1) is 12.2. The molecule has 0 atom stereocenters. The number of pyridine rings is 1. The van der Waals surface area contributed by atoms with E-state index >= 15 is 0 Å². The van der Waals surface area contributed by atoms with Crippen molar-refractivity contribution in [3.63, 3.8) is 0 Å². The lowest BCUT2D eigenvalue weighted by atomic mass is 9.88. The minimum atomic E-state index is 0.316. The fourth-order valence-electron chi connectivity index (χ4n) is 2.83. The van der Waals surface area contributed by atoms with Crippen LogP contribution < -0.4 is 0 Å². The molecule has 0 aliphatic rings. The fraction of sp³-hybridized carbons (Fsp3) is 0.353. The van der Waals surface area contributed by atoms with E-state index in [9.17, 15) is 0 Å². The summed E-state index contributed by atoms with van der Waals surface area (Å²) in [5.74, 6) is 0. The van der Waals surface area contributed by atoms with Crippen LogP contribution in [0.15, 0.2) is 36.7 Å². The first-order chi connectivity index (χ1) is 8.96. The molecule has 0 saturated carbocycles. The van der Waals surface area contributed by atoms with Gasteiger partial charge in [0.1, 0.15) is 0 Å². The molecule has 98 valence electrons. The summed E-state index contributed by atoms with van der Waals surface area (Å²) in [7, 11) is 2.12. The highest BCUT2D eigenvalue weighted by molar-refractivity contribution is 6.07. The van der Waals surface area contributed by atoms with Crippen LogP contribution in [0.4, 0.5) is 0 Å². The van der Waals surface area contributed by atoms with Crippen molar-refractivity contribution in [2.75, 3.05) is 0 Å². The third-order valence-electron chi connectivity index (χ3n) is 3.61. The molecule has 0 unspecified atom stereocenters. The molecule has 0 spiro atoms. The predicted molar refractivity (Wildman–Crippen MR) is 81.4 cm³/mol. The fourth-order valence-corrected chi connectivity index (χ4v) is 2.83. The number of rotatable bonds is 1. The van der Waals surface area contributed by atoms with Crippen LogP contribution in [0.3, 0.4) is 0 Å². The maximum Gasteiger partial charge on any atom is 0.0519 e. The molecular weight excluding hydrogens is 232 g/mol. The molecule has 2 aromatic heterocycles.